The van der Waals surface area contributed by atoms with Gasteiger partial charge in [-0.15, -0.1) is 0 Å². The van der Waals surface area contributed by atoms with Gasteiger partial charge in [0, 0.05) is 12.5 Å². The Labute approximate surface area is 136 Å². The summed E-state index contributed by atoms with van der Waals surface area (Å²) in [5, 5.41) is 45.0. The summed E-state index contributed by atoms with van der Waals surface area (Å²) in [6.07, 6.45) is -0.0912. The van der Waals surface area contributed by atoms with E-state index in [9.17, 15) is 40.5 Å². The van der Waals surface area contributed by atoms with Crippen molar-refractivity contribution >= 4 is 22.7 Å². The van der Waals surface area contributed by atoms with Crippen molar-refractivity contribution in [2.24, 2.45) is 0 Å². The quantitative estimate of drug-likeness (QED) is 0.512. The van der Waals surface area contributed by atoms with Crippen molar-refractivity contribution in [2.75, 3.05) is 0 Å². The molecule has 0 saturated carbocycles. The molecule has 1 aliphatic carbocycles. The number of nitro groups is 4. The number of hydrogen-bond acceptors (Lipinski definition) is 8. The lowest BCUT2D eigenvalue weighted by atomic mass is 10.00. The fourth-order valence-corrected chi connectivity index (χ4v) is 2.89. The predicted octanol–water partition coefficient (Wildman–Crippen LogP) is 2.69. The third-order valence-corrected chi connectivity index (χ3v) is 3.75. The first-order valence-electron chi connectivity index (χ1n) is 6.56. The molecule has 0 atom stereocenters. The van der Waals surface area contributed by atoms with Crippen LogP contribution in [-0.2, 0) is 6.42 Å². The molecule has 1 aliphatic rings. The van der Waals surface area contributed by atoms with E-state index >= 15 is 0 Å². The van der Waals surface area contributed by atoms with E-state index in [1.807, 2.05) is 0 Å². The number of rotatable bonds is 4. The molecule has 0 bridgehead atoms. The van der Waals surface area contributed by atoms with Gasteiger partial charge in [-0.25, -0.2) is 0 Å². The highest BCUT2D eigenvalue weighted by molar-refractivity contribution is 5.94. The zero-order valence-corrected chi connectivity index (χ0v) is 12.0. The fourth-order valence-electron chi connectivity index (χ4n) is 2.89. The molecule has 25 heavy (non-hydrogen) atoms. The normalized spacial score (nSPS) is 11.5. The van der Waals surface area contributed by atoms with Crippen molar-refractivity contribution in [1.82, 2.24) is 0 Å². The summed E-state index contributed by atoms with van der Waals surface area (Å²) in [5.41, 5.74) is -4.39. The Kier molecular flexibility index (Phi) is 3.37. The number of benzene rings is 2. The molecule has 0 heterocycles. The molecule has 0 unspecified atom stereocenters. The molecule has 0 N–H and O–H groups in total. The van der Waals surface area contributed by atoms with E-state index in [1.165, 1.54) is 12.1 Å². The van der Waals surface area contributed by atoms with Crippen molar-refractivity contribution in [3.05, 3.63) is 75.8 Å². The van der Waals surface area contributed by atoms with Crippen LogP contribution in [0, 0.1) is 46.5 Å². The molecular weight excluding hydrogens is 340 g/mol. The van der Waals surface area contributed by atoms with Gasteiger partial charge in [0.1, 0.15) is 0 Å². The van der Waals surface area contributed by atoms with E-state index < -0.39 is 42.4 Å². The van der Waals surface area contributed by atoms with E-state index in [0.717, 1.165) is 6.07 Å². The van der Waals surface area contributed by atoms with Crippen LogP contribution >= 0.6 is 0 Å². The number of nitro benzene ring substituents is 4. The smallest absolute Gasteiger partial charge is 0.258 e. The molecule has 0 amide bonds. The first-order chi connectivity index (χ1) is 11.7. The molecule has 0 spiro atoms. The van der Waals surface area contributed by atoms with E-state index in [1.54, 1.807) is 0 Å². The second-order valence-corrected chi connectivity index (χ2v) is 5.04. The van der Waals surface area contributed by atoms with E-state index in [-0.39, 0.29) is 23.1 Å². The van der Waals surface area contributed by atoms with Crippen molar-refractivity contribution < 1.29 is 19.7 Å². The van der Waals surface area contributed by atoms with Gasteiger partial charge in [0.25, 0.3) is 5.69 Å². The topological polar surface area (TPSA) is 173 Å². The van der Waals surface area contributed by atoms with Crippen molar-refractivity contribution in [3.8, 4) is 11.1 Å². The summed E-state index contributed by atoms with van der Waals surface area (Å²) < 4.78 is 0. The summed E-state index contributed by atoms with van der Waals surface area (Å²) in [7, 11) is 0. The average molecular weight is 345 g/mol. The summed E-state index contributed by atoms with van der Waals surface area (Å²) in [5.74, 6) is 0. The summed E-state index contributed by atoms with van der Waals surface area (Å²) in [4.78, 5) is 40.7. The van der Waals surface area contributed by atoms with Crippen LogP contribution in [-0.4, -0.2) is 19.7 Å². The first kappa shape index (κ1) is 15.9. The first-order valence-corrected chi connectivity index (χ1v) is 6.56. The van der Waals surface area contributed by atoms with Gasteiger partial charge in [-0.3, -0.25) is 40.5 Å². The van der Waals surface area contributed by atoms with Crippen molar-refractivity contribution in [2.45, 2.75) is 6.42 Å². The maximum absolute atomic E-state index is 11.4. The highest BCUT2D eigenvalue weighted by atomic mass is 16.6. The minimum Gasteiger partial charge on any atom is -0.258 e. The molecule has 0 saturated heterocycles. The maximum Gasteiger partial charge on any atom is 0.423 e. The average Bonchev–Trinajstić information content (AvgIpc) is 2.90. The molecule has 2 aromatic carbocycles. The Morgan fingerprint density at radius 1 is 0.800 bits per heavy atom. The van der Waals surface area contributed by atoms with Gasteiger partial charge < -0.3 is 0 Å². The van der Waals surface area contributed by atoms with Crippen molar-refractivity contribution in [1.29, 1.82) is 0 Å². The van der Waals surface area contributed by atoms with Crippen molar-refractivity contribution in [3.63, 3.8) is 0 Å². The van der Waals surface area contributed by atoms with E-state index in [0.29, 0.717) is 5.56 Å². The summed E-state index contributed by atoms with van der Waals surface area (Å²) in [6, 6.07) is 6.13. The Hall–Kier alpha value is -3.96. The highest BCUT2D eigenvalue weighted by Gasteiger charge is 2.45. The van der Waals surface area contributed by atoms with Gasteiger partial charge in [0.2, 0.25) is 0 Å². The SMILES string of the molecule is O=[N+]([O-])c1[c]c2c(c([N+](=O)[O-])c1[N+](=O)[O-])-c1c(cccc1[N+](=O)[O-])C2. The second-order valence-electron chi connectivity index (χ2n) is 5.04. The van der Waals surface area contributed by atoms with E-state index in [4.69, 9.17) is 0 Å². The fraction of sp³-hybridized carbons (Fsp3) is 0.0769. The summed E-state index contributed by atoms with van der Waals surface area (Å²) >= 11 is 0. The number of fused-ring (bicyclic) bond motifs is 3. The van der Waals surface area contributed by atoms with Crippen LogP contribution in [0.15, 0.2) is 18.2 Å². The number of nitrogens with zero attached hydrogens (tertiary/aromatic N) is 4. The molecule has 0 fully saturated rings. The molecule has 3 rings (SSSR count). The lowest BCUT2D eigenvalue weighted by molar-refractivity contribution is -0.440. The Bertz CT molecular complexity index is 1000. The van der Waals surface area contributed by atoms with Crippen LogP contribution in [0.4, 0.5) is 22.7 Å². The zero-order valence-electron chi connectivity index (χ0n) is 12.0. The van der Waals surface area contributed by atoms with Crippen LogP contribution in [0.5, 0.6) is 0 Å². The Morgan fingerprint density at radius 2 is 1.44 bits per heavy atom. The van der Waals surface area contributed by atoms with Crippen LogP contribution < -0.4 is 0 Å². The number of hydrogen-bond donors (Lipinski definition) is 0. The molecule has 0 aromatic heterocycles. The molecule has 12 nitrogen and oxygen atoms in total. The Morgan fingerprint density at radius 3 is 1.96 bits per heavy atom. The largest absolute Gasteiger partial charge is 0.423 e. The second kappa shape index (κ2) is 5.30. The van der Waals surface area contributed by atoms with Gasteiger partial charge in [0.15, 0.2) is 0 Å². The lowest BCUT2D eigenvalue weighted by Gasteiger charge is -2.04. The third kappa shape index (κ3) is 2.23. The minimum absolute atomic E-state index is 0.0618. The van der Waals surface area contributed by atoms with Crippen LogP contribution in [0.2, 0.25) is 0 Å². The van der Waals surface area contributed by atoms with Gasteiger partial charge in [-0.2, -0.15) is 0 Å². The third-order valence-electron chi connectivity index (χ3n) is 3.75. The van der Waals surface area contributed by atoms with Crippen LogP contribution in [0.1, 0.15) is 11.1 Å². The highest BCUT2D eigenvalue weighted by Crippen LogP contribution is 2.52. The zero-order chi connectivity index (χ0) is 18.5. The van der Waals surface area contributed by atoms with Crippen LogP contribution in [0.25, 0.3) is 11.1 Å². The van der Waals surface area contributed by atoms with Crippen LogP contribution in [0.3, 0.4) is 0 Å². The summed E-state index contributed by atoms with van der Waals surface area (Å²) in [6.45, 7) is 0. The predicted molar refractivity (Wildman–Crippen MR) is 80.1 cm³/mol. The molecule has 1 radical (unpaired) electrons. The van der Waals surface area contributed by atoms with Gasteiger partial charge in [0.05, 0.1) is 36.9 Å². The molecule has 12 heteroatoms. The molecule has 2 aromatic rings. The maximum atomic E-state index is 11.4. The Balaban J connectivity index is 2.51. The standard InChI is InChI=1S/C13H5N4O8/c18-14(19)8-3-1-2-6-4-7-5-9(15(20)21)12(16(22)23)13(17(24)25)11(7)10(6)8/h1-3H,4H2. The minimum atomic E-state index is -1.35. The van der Waals surface area contributed by atoms with Gasteiger partial charge in [-0.1, -0.05) is 12.1 Å². The molecule has 125 valence electrons. The molecule has 0 aliphatic heterocycles. The van der Waals surface area contributed by atoms with Gasteiger partial charge in [-0.05, 0) is 11.1 Å². The molecular formula is C13H5N4O8. The van der Waals surface area contributed by atoms with E-state index in [2.05, 4.69) is 6.07 Å². The van der Waals surface area contributed by atoms with Gasteiger partial charge >= 0.3 is 17.1 Å². The monoisotopic (exact) mass is 345 g/mol. The lowest BCUT2D eigenvalue weighted by Crippen LogP contribution is -2.04.